The fourth-order valence-corrected chi connectivity index (χ4v) is 2.36. The Kier molecular flexibility index (Phi) is 1.23. The Labute approximate surface area is 72.1 Å². The first-order valence-electron chi connectivity index (χ1n) is 4.74. The first-order valence-corrected chi connectivity index (χ1v) is 4.74. The van der Waals surface area contributed by atoms with E-state index in [1.807, 2.05) is 6.26 Å². The molecule has 0 fully saturated rings. The molecule has 1 nitrogen and oxygen atoms in total. The zero-order valence-electron chi connectivity index (χ0n) is 7.10. The van der Waals surface area contributed by atoms with Crippen molar-refractivity contribution in [2.24, 2.45) is 0 Å². The SMILES string of the molecule is C1=C2CCCc3occ(c32)CC1. The Morgan fingerprint density at radius 3 is 3.17 bits per heavy atom. The van der Waals surface area contributed by atoms with Crippen molar-refractivity contribution < 1.29 is 4.42 Å². The van der Waals surface area contributed by atoms with Crippen LogP contribution in [0.5, 0.6) is 0 Å². The van der Waals surface area contributed by atoms with Gasteiger partial charge in [0, 0.05) is 12.0 Å². The van der Waals surface area contributed by atoms with E-state index in [9.17, 15) is 0 Å². The molecular formula is C11H12O. The van der Waals surface area contributed by atoms with Crippen LogP contribution in [0.4, 0.5) is 0 Å². The monoisotopic (exact) mass is 160 g/mol. The van der Waals surface area contributed by atoms with E-state index in [1.165, 1.54) is 42.6 Å². The van der Waals surface area contributed by atoms with Crippen LogP contribution in [0.25, 0.3) is 5.57 Å². The molecule has 0 amide bonds. The summed E-state index contributed by atoms with van der Waals surface area (Å²) in [5.74, 6) is 1.24. The van der Waals surface area contributed by atoms with Gasteiger partial charge < -0.3 is 4.42 Å². The van der Waals surface area contributed by atoms with E-state index in [0.29, 0.717) is 0 Å². The molecule has 0 spiro atoms. The Balaban J connectivity index is 2.26. The van der Waals surface area contributed by atoms with Gasteiger partial charge in [-0.2, -0.15) is 0 Å². The number of hydrogen-bond acceptors (Lipinski definition) is 1. The van der Waals surface area contributed by atoms with Crippen molar-refractivity contribution in [1.82, 2.24) is 0 Å². The van der Waals surface area contributed by atoms with Crippen LogP contribution in [-0.2, 0) is 12.8 Å². The molecule has 0 aromatic carbocycles. The molecule has 0 atom stereocenters. The molecule has 1 heterocycles. The lowest BCUT2D eigenvalue weighted by atomic mass is 9.85. The van der Waals surface area contributed by atoms with Gasteiger partial charge >= 0.3 is 0 Å². The van der Waals surface area contributed by atoms with Gasteiger partial charge in [0.25, 0.3) is 0 Å². The summed E-state index contributed by atoms with van der Waals surface area (Å²) in [4.78, 5) is 0. The van der Waals surface area contributed by atoms with Crippen LogP contribution in [0.3, 0.4) is 0 Å². The number of allylic oxidation sites excluding steroid dienone is 2. The van der Waals surface area contributed by atoms with Crippen molar-refractivity contribution in [3.63, 3.8) is 0 Å². The second-order valence-electron chi connectivity index (χ2n) is 3.68. The summed E-state index contributed by atoms with van der Waals surface area (Å²) in [6, 6.07) is 0. The molecule has 2 aliphatic carbocycles. The first kappa shape index (κ1) is 6.53. The molecule has 3 rings (SSSR count). The standard InChI is InChI=1S/C11H12O/c1-3-8-4-2-6-10-11(8)9(5-1)7-12-10/h3,7H,1-2,4-6H2. The maximum atomic E-state index is 5.55. The third kappa shape index (κ3) is 0.739. The minimum absolute atomic E-state index is 1.15. The van der Waals surface area contributed by atoms with Crippen LogP contribution < -0.4 is 0 Å². The molecule has 1 aromatic rings. The second-order valence-corrected chi connectivity index (χ2v) is 3.68. The van der Waals surface area contributed by atoms with Crippen LogP contribution in [0.2, 0.25) is 0 Å². The third-order valence-electron chi connectivity index (χ3n) is 2.92. The molecule has 0 saturated heterocycles. The van der Waals surface area contributed by atoms with E-state index in [0.717, 1.165) is 6.42 Å². The lowest BCUT2D eigenvalue weighted by molar-refractivity contribution is 0.496. The zero-order chi connectivity index (χ0) is 7.97. The largest absolute Gasteiger partial charge is 0.468 e. The van der Waals surface area contributed by atoms with Crippen LogP contribution in [0.1, 0.15) is 36.1 Å². The molecule has 0 radical (unpaired) electrons. The maximum Gasteiger partial charge on any atom is 0.111 e. The molecule has 2 aliphatic rings. The normalized spacial score (nSPS) is 20.2. The minimum Gasteiger partial charge on any atom is -0.468 e. The highest BCUT2D eigenvalue weighted by Gasteiger charge is 2.23. The highest BCUT2D eigenvalue weighted by atomic mass is 16.3. The molecule has 62 valence electrons. The summed E-state index contributed by atoms with van der Waals surface area (Å²) in [7, 11) is 0. The number of hydrogen-bond donors (Lipinski definition) is 0. The minimum atomic E-state index is 1.15. The smallest absolute Gasteiger partial charge is 0.111 e. The van der Waals surface area contributed by atoms with Crippen LogP contribution in [-0.4, -0.2) is 0 Å². The van der Waals surface area contributed by atoms with Gasteiger partial charge in [-0.3, -0.25) is 0 Å². The van der Waals surface area contributed by atoms with Crippen molar-refractivity contribution in [1.29, 1.82) is 0 Å². The molecule has 12 heavy (non-hydrogen) atoms. The topological polar surface area (TPSA) is 13.1 Å². The Morgan fingerprint density at radius 1 is 1.17 bits per heavy atom. The molecule has 0 bridgehead atoms. The summed E-state index contributed by atoms with van der Waals surface area (Å²) in [6.07, 6.45) is 10.4. The zero-order valence-corrected chi connectivity index (χ0v) is 7.10. The third-order valence-corrected chi connectivity index (χ3v) is 2.92. The average molecular weight is 160 g/mol. The molecule has 0 unspecified atom stereocenters. The van der Waals surface area contributed by atoms with Gasteiger partial charge in [0.1, 0.15) is 5.76 Å². The first-order chi connectivity index (χ1) is 5.95. The molecule has 0 N–H and O–H groups in total. The van der Waals surface area contributed by atoms with Gasteiger partial charge in [-0.25, -0.2) is 0 Å². The van der Waals surface area contributed by atoms with Gasteiger partial charge in [0.2, 0.25) is 0 Å². The summed E-state index contributed by atoms with van der Waals surface area (Å²) >= 11 is 0. The van der Waals surface area contributed by atoms with Crippen LogP contribution in [0.15, 0.2) is 16.8 Å². The van der Waals surface area contributed by atoms with E-state index in [2.05, 4.69) is 6.08 Å². The van der Waals surface area contributed by atoms with Crippen molar-refractivity contribution in [2.75, 3.05) is 0 Å². The molecule has 0 aliphatic heterocycles. The predicted molar refractivity (Wildman–Crippen MR) is 47.9 cm³/mol. The van der Waals surface area contributed by atoms with Crippen molar-refractivity contribution in [3.05, 3.63) is 29.2 Å². The molecule has 1 aromatic heterocycles. The summed E-state index contributed by atoms with van der Waals surface area (Å²) in [6.45, 7) is 0. The summed E-state index contributed by atoms with van der Waals surface area (Å²) in [5, 5.41) is 0. The molecule has 0 saturated carbocycles. The van der Waals surface area contributed by atoms with Crippen LogP contribution >= 0.6 is 0 Å². The van der Waals surface area contributed by atoms with Gasteiger partial charge in [-0.05, 0) is 36.8 Å². The fraction of sp³-hybridized carbons (Fsp3) is 0.455. The Hall–Kier alpha value is -0.980. The van der Waals surface area contributed by atoms with Gasteiger partial charge in [0.15, 0.2) is 0 Å². The average Bonchev–Trinajstić information content (AvgIpc) is 2.52. The van der Waals surface area contributed by atoms with E-state index in [-0.39, 0.29) is 0 Å². The summed E-state index contributed by atoms with van der Waals surface area (Å²) < 4.78 is 5.55. The summed E-state index contributed by atoms with van der Waals surface area (Å²) in [5.41, 5.74) is 4.46. The second kappa shape index (κ2) is 2.25. The van der Waals surface area contributed by atoms with E-state index in [1.54, 1.807) is 5.57 Å². The molecular weight excluding hydrogens is 148 g/mol. The van der Waals surface area contributed by atoms with Crippen LogP contribution in [0, 0.1) is 0 Å². The lowest BCUT2D eigenvalue weighted by Crippen LogP contribution is -2.04. The quantitative estimate of drug-likeness (QED) is 0.568. The number of furan rings is 1. The van der Waals surface area contributed by atoms with Gasteiger partial charge in [-0.15, -0.1) is 0 Å². The van der Waals surface area contributed by atoms with E-state index < -0.39 is 0 Å². The van der Waals surface area contributed by atoms with Crippen molar-refractivity contribution >= 4 is 5.57 Å². The maximum absolute atomic E-state index is 5.55. The molecule has 1 heteroatoms. The predicted octanol–water partition coefficient (Wildman–Crippen LogP) is 2.95. The van der Waals surface area contributed by atoms with E-state index in [4.69, 9.17) is 4.42 Å². The number of aryl methyl sites for hydroxylation is 2. The van der Waals surface area contributed by atoms with Crippen molar-refractivity contribution in [3.8, 4) is 0 Å². The fourth-order valence-electron chi connectivity index (χ4n) is 2.36. The van der Waals surface area contributed by atoms with Gasteiger partial charge in [-0.1, -0.05) is 6.08 Å². The number of rotatable bonds is 0. The van der Waals surface area contributed by atoms with Crippen molar-refractivity contribution in [2.45, 2.75) is 32.1 Å². The highest BCUT2D eigenvalue weighted by Crippen LogP contribution is 2.38. The van der Waals surface area contributed by atoms with Gasteiger partial charge in [0.05, 0.1) is 6.26 Å². The Morgan fingerprint density at radius 2 is 2.17 bits per heavy atom. The lowest BCUT2D eigenvalue weighted by Gasteiger charge is -2.18. The highest BCUT2D eigenvalue weighted by molar-refractivity contribution is 5.72. The Bertz CT molecular complexity index is 344. The van der Waals surface area contributed by atoms with E-state index >= 15 is 0 Å².